The summed E-state index contributed by atoms with van der Waals surface area (Å²) in [6, 6.07) is 7.87. The van der Waals surface area contributed by atoms with E-state index in [0.717, 1.165) is 18.6 Å². The molecule has 0 spiro atoms. The van der Waals surface area contributed by atoms with Gasteiger partial charge in [0.2, 0.25) is 5.91 Å². The number of benzene rings is 1. The van der Waals surface area contributed by atoms with Gasteiger partial charge in [-0.1, -0.05) is 12.1 Å². The third-order valence-corrected chi connectivity index (χ3v) is 4.46. The molecule has 27 heavy (non-hydrogen) atoms. The van der Waals surface area contributed by atoms with Crippen molar-refractivity contribution in [3.05, 3.63) is 52.7 Å². The van der Waals surface area contributed by atoms with E-state index in [0.29, 0.717) is 11.0 Å². The zero-order valence-electron chi connectivity index (χ0n) is 15.7. The number of nitrogens with zero attached hydrogens (tertiary/aromatic N) is 4. The lowest BCUT2D eigenvalue weighted by atomic mass is 10.1. The Balaban J connectivity index is 1.55. The molecule has 142 valence electrons. The fourth-order valence-corrected chi connectivity index (χ4v) is 2.90. The Kier molecular flexibility index (Phi) is 5.54. The van der Waals surface area contributed by atoms with Crippen LogP contribution in [-0.2, 0) is 24.8 Å². The first-order valence-electron chi connectivity index (χ1n) is 8.77. The Bertz CT molecular complexity index is 991. The summed E-state index contributed by atoms with van der Waals surface area (Å²) in [6.07, 6.45) is 4.49. The van der Waals surface area contributed by atoms with E-state index in [-0.39, 0.29) is 24.1 Å². The normalized spacial score (nSPS) is 12.1. The van der Waals surface area contributed by atoms with E-state index in [4.69, 9.17) is 4.74 Å². The summed E-state index contributed by atoms with van der Waals surface area (Å²) in [6.45, 7) is 1.89. The number of carbonyl (C=O) groups is 1. The Hall–Kier alpha value is -3.16. The summed E-state index contributed by atoms with van der Waals surface area (Å²) in [5.41, 5.74) is 1.41. The highest BCUT2D eigenvalue weighted by Gasteiger charge is 2.12. The molecule has 1 N–H and O–H groups in total. The summed E-state index contributed by atoms with van der Waals surface area (Å²) in [5.74, 6) is 0.606. The number of methoxy groups -OCH3 is 1. The van der Waals surface area contributed by atoms with Gasteiger partial charge in [-0.3, -0.25) is 18.8 Å². The molecular formula is C19H23N5O3. The number of aryl methyl sites for hydroxylation is 2. The number of ether oxygens (including phenoxy) is 1. The minimum atomic E-state index is -0.269. The second kappa shape index (κ2) is 8.03. The van der Waals surface area contributed by atoms with Crippen molar-refractivity contribution in [2.24, 2.45) is 7.05 Å². The highest BCUT2D eigenvalue weighted by Crippen LogP contribution is 2.13. The minimum absolute atomic E-state index is 0.00890. The topological polar surface area (TPSA) is 91.0 Å². The van der Waals surface area contributed by atoms with E-state index < -0.39 is 0 Å². The molecule has 0 aliphatic heterocycles. The number of rotatable bonds is 7. The van der Waals surface area contributed by atoms with E-state index in [1.165, 1.54) is 27.3 Å². The number of carbonyl (C=O) groups excluding carboxylic acids is 1. The van der Waals surface area contributed by atoms with Gasteiger partial charge in [0.15, 0.2) is 5.65 Å². The van der Waals surface area contributed by atoms with Crippen LogP contribution < -0.4 is 15.6 Å². The molecule has 0 aliphatic rings. The monoisotopic (exact) mass is 369 g/mol. The maximum Gasteiger partial charge on any atom is 0.264 e. The minimum Gasteiger partial charge on any atom is -0.497 e. The van der Waals surface area contributed by atoms with Crippen LogP contribution in [0.1, 0.15) is 18.9 Å². The van der Waals surface area contributed by atoms with Crippen LogP contribution in [0.15, 0.2) is 41.6 Å². The van der Waals surface area contributed by atoms with Crippen molar-refractivity contribution < 1.29 is 9.53 Å². The van der Waals surface area contributed by atoms with Crippen LogP contribution in [0.25, 0.3) is 11.0 Å². The van der Waals surface area contributed by atoms with Crippen molar-refractivity contribution in [3.8, 4) is 5.75 Å². The summed E-state index contributed by atoms with van der Waals surface area (Å²) in [7, 11) is 3.36. The first-order chi connectivity index (χ1) is 13.0. The summed E-state index contributed by atoms with van der Waals surface area (Å²) < 4.78 is 7.98. The molecule has 1 atom stereocenters. The van der Waals surface area contributed by atoms with Gasteiger partial charge >= 0.3 is 0 Å². The van der Waals surface area contributed by atoms with Crippen molar-refractivity contribution in [1.29, 1.82) is 0 Å². The average molecular weight is 369 g/mol. The van der Waals surface area contributed by atoms with E-state index in [1.807, 2.05) is 31.2 Å². The van der Waals surface area contributed by atoms with Gasteiger partial charge in [0.1, 0.15) is 24.0 Å². The van der Waals surface area contributed by atoms with Crippen molar-refractivity contribution in [1.82, 2.24) is 24.6 Å². The predicted molar refractivity (Wildman–Crippen MR) is 102 cm³/mol. The van der Waals surface area contributed by atoms with Gasteiger partial charge in [-0.05, 0) is 37.5 Å². The highest BCUT2D eigenvalue weighted by atomic mass is 16.5. The Morgan fingerprint density at radius 2 is 2.04 bits per heavy atom. The van der Waals surface area contributed by atoms with Crippen LogP contribution in [0.4, 0.5) is 0 Å². The SMILES string of the molecule is COc1ccc(CC[C@@H](C)NC(=O)Cn2cnc3c(cnn3C)c2=O)cc1. The van der Waals surface area contributed by atoms with Crippen molar-refractivity contribution in [2.45, 2.75) is 32.4 Å². The number of nitrogens with one attached hydrogen (secondary N) is 1. The fourth-order valence-electron chi connectivity index (χ4n) is 2.90. The summed E-state index contributed by atoms with van der Waals surface area (Å²) >= 11 is 0. The molecule has 1 amide bonds. The smallest absolute Gasteiger partial charge is 0.264 e. The molecule has 2 heterocycles. The maximum atomic E-state index is 12.4. The molecule has 0 saturated carbocycles. The third-order valence-electron chi connectivity index (χ3n) is 4.46. The van der Waals surface area contributed by atoms with E-state index in [9.17, 15) is 9.59 Å². The fraction of sp³-hybridized carbons (Fsp3) is 0.368. The van der Waals surface area contributed by atoms with Crippen LogP contribution in [0, 0.1) is 0 Å². The van der Waals surface area contributed by atoms with Crippen LogP contribution in [-0.4, -0.2) is 38.4 Å². The van der Waals surface area contributed by atoms with E-state index >= 15 is 0 Å². The summed E-state index contributed by atoms with van der Waals surface area (Å²) in [5, 5.41) is 7.35. The zero-order chi connectivity index (χ0) is 19.4. The zero-order valence-corrected chi connectivity index (χ0v) is 15.7. The Labute approximate surface area is 156 Å². The standard InChI is InChI=1S/C19H23N5O3/c1-13(4-5-14-6-8-15(27-3)9-7-14)22-17(25)11-24-12-20-18-16(19(24)26)10-21-23(18)2/h6-10,12-13H,4-5,11H2,1-3H3,(H,22,25)/t13-/m1/s1. The molecule has 8 heteroatoms. The number of fused-ring (bicyclic) bond motifs is 1. The molecule has 3 rings (SSSR count). The lowest BCUT2D eigenvalue weighted by Crippen LogP contribution is -2.37. The van der Waals surface area contributed by atoms with Gasteiger partial charge in [0.05, 0.1) is 13.3 Å². The average Bonchev–Trinajstić information content (AvgIpc) is 3.04. The first-order valence-corrected chi connectivity index (χ1v) is 8.77. The molecule has 2 aromatic heterocycles. The molecule has 0 saturated heterocycles. The molecule has 0 aliphatic carbocycles. The molecule has 3 aromatic rings. The van der Waals surface area contributed by atoms with Crippen LogP contribution >= 0.6 is 0 Å². The largest absolute Gasteiger partial charge is 0.497 e. The lowest BCUT2D eigenvalue weighted by molar-refractivity contribution is -0.122. The second-order valence-electron chi connectivity index (χ2n) is 6.54. The van der Waals surface area contributed by atoms with Crippen molar-refractivity contribution in [3.63, 3.8) is 0 Å². The lowest BCUT2D eigenvalue weighted by Gasteiger charge is -2.14. The molecule has 1 aromatic carbocycles. The molecular weight excluding hydrogens is 346 g/mol. The summed E-state index contributed by atoms with van der Waals surface area (Å²) in [4.78, 5) is 28.9. The molecule has 0 unspecified atom stereocenters. The Morgan fingerprint density at radius 1 is 1.30 bits per heavy atom. The number of hydrogen-bond acceptors (Lipinski definition) is 5. The molecule has 0 bridgehead atoms. The van der Waals surface area contributed by atoms with Crippen LogP contribution in [0.3, 0.4) is 0 Å². The highest BCUT2D eigenvalue weighted by molar-refractivity contribution is 5.77. The quantitative estimate of drug-likeness (QED) is 0.677. The molecule has 0 radical (unpaired) electrons. The predicted octanol–water partition coefficient (Wildman–Crippen LogP) is 1.28. The maximum absolute atomic E-state index is 12.4. The van der Waals surface area contributed by atoms with Gasteiger partial charge in [0.25, 0.3) is 5.56 Å². The third kappa shape index (κ3) is 4.33. The first kappa shape index (κ1) is 18.6. The van der Waals surface area contributed by atoms with Crippen LogP contribution in [0.2, 0.25) is 0 Å². The molecule has 8 nitrogen and oxygen atoms in total. The van der Waals surface area contributed by atoms with Gasteiger partial charge in [0, 0.05) is 13.1 Å². The van der Waals surface area contributed by atoms with E-state index in [1.54, 1.807) is 14.2 Å². The number of amides is 1. The van der Waals surface area contributed by atoms with Gasteiger partial charge in [-0.2, -0.15) is 5.10 Å². The second-order valence-corrected chi connectivity index (χ2v) is 6.54. The van der Waals surface area contributed by atoms with Gasteiger partial charge < -0.3 is 10.1 Å². The van der Waals surface area contributed by atoms with Gasteiger partial charge in [-0.25, -0.2) is 4.98 Å². The van der Waals surface area contributed by atoms with Crippen molar-refractivity contribution in [2.75, 3.05) is 7.11 Å². The number of aromatic nitrogens is 4. The van der Waals surface area contributed by atoms with Crippen molar-refractivity contribution >= 4 is 16.9 Å². The molecule has 0 fully saturated rings. The van der Waals surface area contributed by atoms with E-state index in [2.05, 4.69) is 15.4 Å². The van der Waals surface area contributed by atoms with Crippen LogP contribution in [0.5, 0.6) is 5.75 Å². The Morgan fingerprint density at radius 3 is 2.74 bits per heavy atom. The van der Waals surface area contributed by atoms with Gasteiger partial charge in [-0.15, -0.1) is 0 Å². The number of hydrogen-bond donors (Lipinski definition) is 1.